The lowest BCUT2D eigenvalue weighted by molar-refractivity contribution is 0.407. The van der Waals surface area contributed by atoms with Gasteiger partial charge in [0.15, 0.2) is 4.90 Å². The Labute approximate surface area is 134 Å². The van der Waals surface area contributed by atoms with E-state index in [1.54, 1.807) is 12.1 Å². The van der Waals surface area contributed by atoms with Crippen molar-refractivity contribution in [1.82, 2.24) is 4.31 Å². The second-order valence-corrected chi connectivity index (χ2v) is 7.45. The summed E-state index contributed by atoms with van der Waals surface area (Å²) in [6.07, 6.45) is 7.43. The number of rotatable bonds is 7. The van der Waals surface area contributed by atoms with Crippen molar-refractivity contribution in [2.45, 2.75) is 56.9 Å². The van der Waals surface area contributed by atoms with E-state index in [1.165, 1.54) is 32.1 Å². The predicted octanol–water partition coefficient (Wildman–Crippen LogP) is 5.19. The molecule has 1 aromatic carbocycles. The summed E-state index contributed by atoms with van der Waals surface area (Å²) in [4.78, 5) is 0.713. The van der Waals surface area contributed by atoms with Crippen LogP contribution in [0.1, 0.15) is 51.0 Å². The van der Waals surface area contributed by atoms with Crippen molar-refractivity contribution in [3.05, 3.63) is 27.7 Å². The summed E-state index contributed by atoms with van der Waals surface area (Å²) in [6, 6.07) is 3.52. The van der Waals surface area contributed by atoms with E-state index in [4.69, 9.17) is 23.2 Å². The minimum atomic E-state index is -1.15. The first-order valence-corrected chi connectivity index (χ1v) is 9.15. The van der Waals surface area contributed by atoms with Gasteiger partial charge in [-0.15, -0.1) is 4.31 Å². The van der Waals surface area contributed by atoms with E-state index in [1.807, 2.05) is 4.31 Å². The summed E-state index contributed by atoms with van der Waals surface area (Å²) >= 11 is 11.2. The molecule has 1 unspecified atom stereocenters. The molecule has 2 nitrogen and oxygen atoms in total. The molecule has 0 saturated heterocycles. The fourth-order valence-corrected chi connectivity index (χ4v) is 4.57. The Morgan fingerprint density at radius 3 is 2.45 bits per heavy atom. The molecule has 20 heavy (non-hydrogen) atoms. The number of benzene rings is 1. The number of fused-ring (bicyclic) bond motifs is 1. The van der Waals surface area contributed by atoms with Crippen molar-refractivity contribution < 1.29 is 4.55 Å². The van der Waals surface area contributed by atoms with Crippen LogP contribution in [0.4, 0.5) is 0 Å². The quantitative estimate of drug-likeness (QED) is 0.506. The molecule has 0 aliphatic carbocycles. The van der Waals surface area contributed by atoms with Crippen LogP contribution in [0.2, 0.25) is 10.0 Å². The normalized spacial score (nSPS) is 18.5. The highest BCUT2D eigenvalue weighted by Crippen LogP contribution is 2.39. The monoisotopic (exact) mass is 333 g/mol. The first-order valence-electron chi connectivity index (χ1n) is 7.29. The maximum atomic E-state index is 12.4. The molecule has 0 bridgehead atoms. The summed E-state index contributed by atoms with van der Waals surface area (Å²) in [5.74, 6) is 0. The SMILES string of the molecule is CCCCCCCCN1Cc2c(Cl)ccc(Cl)c2[S+]1[O-]. The molecule has 0 fully saturated rings. The largest absolute Gasteiger partial charge is 0.593 e. The maximum Gasteiger partial charge on any atom is 0.198 e. The number of unbranched alkanes of at least 4 members (excludes halogenated alkanes) is 5. The molecule has 1 heterocycles. The lowest BCUT2D eigenvalue weighted by Crippen LogP contribution is -2.25. The summed E-state index contributed by atoms with van der Waals surface area (Å²) in [7, 11) is 0. The fraction of sp³-hybridized carbons (Fsp3) is 0.600. The van der Waals surface area contributed by atoms with Crippen LogP contribution in [-0.4, -0.2) is 15.4 Å². The van der Waals surface area contributed by atoms with E-state index in [9.17, 15) is 4.55 Å². The van der Waals surface area contributed by atoms with Gasteiger partial charge in [0.1, 0.15) is 0 Å². The second kappa shape index (κ2) is 7.90. The van der Waals surface area contributed by atoms with E-state index >= 15 is 0 Å². The highest BCUT2D eigenvalue weighted by Gasteiger charge is 2.37. The van der Waals surface area contributed by atoms with Gasteiger partial charge < -0.3 is 4.55 Å². The average Bonchev–Trinajstić information content (AvgIpc) is 2.77. The van der Waals surface area contributed by atoms with Gasteiger partial charge in [0.2, 0.25) is 0 Å². The Kier molecular flexibility index (Phi) is 6.50. The Bertz CT molecular complexity index is 456. The van der Waals surface area contributed by atoms with E-state index in [0.29, 0.717) is 21.5 Å². The minimum Gasteiger partial charge on any atom is -0.593 e. The van der Waals surface area contributed by atoms with Crippen LogP contribution < -0.4 is 0 Å². The highest BCUT2D eigenvalue weighted by atomic mass is 35.5. The van der Waals surface area contributed by atoms with Gasteiger partial charge in [0.05, 0.1) is 28.0 Å². The van der Waals surface area contributed by atoms with Gasteiger partial charge in [-0.05, 0) is 18.6 Å². The molecule has 0 aromatic heterocycles. The second-order valence-electron chi connectivity index (χ2n) is 5.22. The first kappa shape index (κ1) is 16.4. The van der Waals surface area contributed by atoms with Crippen molar-refractivity contribution in [2.24, 2.45) is 0 Å². The zero-order valence-corrected chi connectivity index (χ0v) is 14.2. The van der Waals surface area contributed by atoms with Crippen LogP contribution in [0.3, 0.4) is 0 Å². The predicted molar refractivity (Wildman–Crippen MR) is 86.7 cm³/mol. The van der Waals surface area contributed by atoms with Crippen molar-refractivity contribution in [2.75, 3.05) is 6.54 Å². The third-order valence-corrected chi connectivity index (χ3v) is 6.04. The molecular weight excluding hydrogens is 313 g/mol. The maximum absolute atomic E-state index is 12.4. The van der Waals surface area contributed by atoms with Crippen LogP contribution in [0.5, 0.6) is 0 Å². The Morgan fingerprint density at radius 1 is 1.10 bits per heavy atom. The summed E-state index contributed by atoms with van der Waals surface area (Å²) in [5.41, 5.74) is 0.934. The summed E-state index contributed by atoms with van der Waals surface area (Å²) in [6.45, 7) is 3.72. The first-order chi connectivity index (χ1) is 9.65. The molecule has 0 radical (unpaired) electrons. The van der Waals surface area contributed by atoms with E-state index in [2.05, 4.69) is 6.92 Å². The lowest BCUT2D eigenvalue weighted by Gasteiger charge is -2.16. The topological polar surface area (TPSA) is 26.3 Å². The molecule has 0 N–H and O–H groups in total. The van der Waals surface area contributed by atoms with E-state index in [0.717, 1.165) is 18.5 Å². The van der Waals surface area contributed by atoms with Crippen molar-refractivity contribution in [1.29, 1.82) is 0 Å². The summed E-state index contributed by atoms with van der Waals surface area (Å²) < 4.78 is 14.4. The van der Waals surface area contributed by atoms with Crippen LogP contribution in [0.25, 0.3) is 0 Å². The Balaban J connectivity index is 1.85. The molecule has 0 saturated carbocycles. The average molecular weight is 334 g/mol. The van der Waals surface area contributed by atoms with Crippen molar-refractivity contribution >= 4 is 34.6 Å². The van der Waals surface area contributed by atoms with Gasteiger partial charge in [-0.25, -0.2) is 0 Å². The van der Waals surface area contributed by atoms with Crippen molar-refractivity contribution in [3.8, 4) is 0 Å². The summed E-state index contributed by atoms with van der Waals surface area (Å²) in [5, 5.41) is 1.23. The van der Waals surface area contributed by atoms with Crippen LogP contribution in [0.15, 0.2) is 17.0 Å². The van der Waals surface area contributed by atoms with Crippen LogP contribution in [-0.2, 0) is 17.9 Å². The Hall–Kier alpha value is 0.0700. The third-order valence-electron chi connectivity index (χ3n) is 3.66. The Morgan fingerprint density at radius 2 is 1.75 bits per heavy atom. The van der Waals surface area contributed by atoms with Crippen molar-refractivity contribution in [3.63, 3.8) is 0 Å². The number of hydrogen-bond donors (Lipinski definition) is 0. The van der Waals surface area contributed by atoms with Gasteiger partial charge in [-0.1, -0.05) is 62.2 Å². The molecule has 2 rings (SSSR count). The lowest BCUT2D eigenvalue weighted by atomic mass is 10.1. The standard InChI is InChI=1S/C15H21Cl2NOS/c1-2-3-4-5-6-7-10-18-11-12-13(16)8-9-14(17)15(12)20(18)19/h8-9H,2-7,10-11H2,1H3. The molecule has 0 spiro atoms. The van der Waals surface area contributed by atoms with Gasteiger partial charge in [-0.3, -0.25) is 0 Å². The molecule has 112 valence electrons. The van der Waals surface area contributed by atoms with Gasteiger partial charge >= 0.3 is 0 Å². The van der Waals surface area contributed by atoms with E-state index in [-0.39, 0.29) is 0 Å². The molecule has 5 heteroatoms. The van der Waals surface area contributed by atoms with Crippen LogP contribution in [0, 0.1) is 0 Å². The van der Waals surface area contributed by atoms with Gasteiger partial charge in [-0.2, -0.15) is 0 Å². The molecule has 1 aliphatic heterocycles. The molecule has 0 amide bonds. The van der Waals surface area contributed by atoms with Crippen LogP contribution >= 0.6 is 23.2 Å². The number of halogens is 2. The van der Waals surface area contributed by atoms with Gasteiger partial charge in [0, 0.05) is 12.1 Å². The molecular formula is C15H21Cl2NOS. The third kappa shape index (κ3) is 3.83. The smallest absolute Gasteiger partial charge is 0.198 e. The van der Waals surface area contributed by atoms with E-state index < -0.39 is 11.4 Å². The zero-order chi connectivity index (χ0) is 14.5. The number of nitrogens with zero attached hydrogens (tertiary/aromatic N) is 1. The zero-order valence-electron chi connectivity index (χ0n) is 11.8. The van der Waals surface area contributed by atoms with Gasteiger partial charge in [0.25, 0.3) is 0 Å². The minimum absolute atomic E-state index is 0.563. The molecule has 1 atom stereocenters. The highest BCUT2D eigenvalue weighted by molar-refractivity contribution is 7.89. The fourth-order valence-electron chi connectivity index (χ4n) is 2.51. The molecule has 1 aromatic rings. The number of hydrogen-bond acceptors (Lipinski definition) is 2. The molecule has 1 aliphatic rings.